The minimum atomic E-state index is -0.321. The van der Waals surface area contributed by atoms with Crippen LogP contribution in [0, 0.1) is 4.51 Å². The minimum Gasteiger partial charge on any atom is -0.484 e. The number of thiocarbonyl (C=S) groups is 1. The number of halogens is 1. The summed E-state index contributed by atoms with van der Waals surface area (Å²) in [5, 5.41) is 14.8. The first-order valence-corrected chi connectivity index (χ1v) is 12.5. The molecule has 1 atom stereocenters. The number of hydrogen-bond donors (Lipinski definition) is 2. The topological polar surface area (TPSA) is 58.9 Å². The van der Waals surface area contributed by atoms with E-state index >= 15 is 0 Å². The number of aliphatic hydroxyl groups excluding tert-OH is 1. The molecule has 0 spiro atoms. The lowest BCUT2D eigenvalue weighted by molar-refractivity contribution is 0.0341. The lowest BCUT2D eigenvalue weighted by Gasteiger charge is -2.30. The van der Waals surface area contributed by atoms with Crippen molar-refractivity contribution in [2.75, 3.05) is 32.9 Å². The first kappa shape index (κ1) is 23.7. The van der Waals surface area contributed by atoms with Crippen molar-refractivity contribution in [2.45, 2.75) is 25.7 Å². The van der Waals surface area contributed by atoms with Gasteiger partial charge in [0.05, 0.1) is 36.4 Å². The zero-order valence-corrected chi connectivity index (χ0v) is 21.0. The number of ether oxygens (including phenoxy) is 2. The number of morpholine rings is 1. The van der Waals surface area contributed by atoms with Crippen molar-refractivity contribution in [3.8, 4) is 5.75 Å². The molecule has 3 aromatic rings. The number of hydrogen-bond acceptors (Lipinski definition) is 6. The van der Waals surface area contributed by atoms with Crippen molar-refractivity contribution in [1.82, 2.24) is 14.8 Å². The van der Waals surface area contributed by atoms with Gasteiger partial charge in [-0.1, -0.05) is 48.2 Å². The summed E-state index contributed by atoms with van der Waals surface area (Å²) >= 11 is 17.7. The van der Waals surface area contributed by atoms with Crippen LogP contribution in [-0.2, 0) is 24.4 Å². The average Bonchev–Trinajstić information content (AvgIpc) is 2.85. The lowest BCUT2D eigenvalue weighted by Crippen LogP contribution is -2.36. The zero-order chi connectivity index (χ0) is 23.7. The summed E-state index contributed by atoms with van der Waals surface area (Å²) in [7, 11) is 0. The van der Waals surface area contributed by atoms with E-state index in [9.17, 15) is 5.11 Å². The molecule has 2 aromatic carbocycles. The number of nitrogens with zero attached hydrogens (tertiary/aromatic N) is 2. The quantitative estimate of drug-likeness (QED) is 0.480. The third kappa shape index (κ3) is 4.98. The second-order valence-corrected chi connectivity index (χ2v) is 9.89. The second-order valence-electron chi connectivity index (χ2n) is 8.63. The number of aliphatic hydroxyl groups is 1. The van der Waals surface area contributed by atoms with Gasteiger partial charge in [0.1, 0.15) is 16.8 Å². The molecule has 6 nitrogen and oxygen atoms in total. The maximum atomic E-state index is 9.84. The molecule has 1 aromatic heterocycles. The van der Waals surface area contributed by atoms with Gasteiger partial charge >= 0.3 is 0 Å². The van der Waals surface area contributed by atoms with Crippen LogP contribution in [0.5, 0.6) is 5.75 Å². The third-order valence-corrected chi connectivity index (χ3v) is 7.27. The minimum absolute atomic E-state index is 0.0636. The molecule has 0 saturated carbocycles. The summed E-state index contributed by atoms with van der Waals surface area (Å²) in [5.41, 5.74) is 3.96. The molecule has 0 aliphatic carbocycles. The van der Waals surface area contributed by atoms with Crippen LogP contribution in [0.4, 0.5) is 0 Å². The predicted molar refractivity (Wildman–Crippen MR) is 140 cm³/mol. The van der Waals surface area contributed by atoms with Crippen LogP contribution in [0.2, 0.25) is 5.02 Å². The molecular formula is C25H26ClN3O3S2. The smallest absolute Gasteiger partial charge is 0.144 e. The molecule has 2 N–H and O–H groups in total. The maximum absolute atomic E-state index is 9.84. The van der Waals surface area contributed by atoms with E-state index in [1.807, 2.05) is 30.5 Å². The molecular weight excluding hydrogens is 490 g/mol. The first-order valence-electron chi connectivity index (χ1n) is 11.3. The molecule has 1 fully saturated rings. The van der Waals surface area contributed by atoms with Gasteiger partial charge < -0.3 is 24.5 Å². The van der Waals surface area contributed by atoms with Crippen molar-refractivity contribution in [3.63, 3.8) is 0 Å². The summed E-state index contributed by atoms with van der Waals surface area (Å²) in [6.07, 6.45) is 1.66. The molecule has 2 aliphatic heterocycles. The molecule has 2 aliphatic rings. The standard InChI is InChI=1S/C25H26ClN3O3S2/c26-18-3-1-16(2-4-18)11-27-25(34)21-14-29-13-19(15-30)32-22-10-17(9-20(23(22)29)24(21)33)12-28-5-7-31-8-6-28/h1-4,9-10,14,19,30H,5-8,11-13,15H2,(H,27,34). The van der Waals surface area contributed by atoms with Crippen molar-refractivity contribution in [1.29, 1.82) is 0 Å². The van der Waals surface area contributed by atoms with E-state index in [4.69, 9.17) is 45.5 Å². The van der Waals surface area contributed by atoms with E-state index in [2.05, 4.69) is 26.9 Å². The van der Waals surface area contributed by atoms with Gasteiger partial charge in [0.15, 0.2) is 0 Å². The van der Waals surface area contributed by atoms with E-state index in [0.29, 0.717) is 27.6 Å². The van der Waals surface area contributed by atoms with Gasteiger partial charge in [0.2, 0.25) is 0 Å². The molecule has 34 heavy (non-hydrogen) atoms. The van der Waals surface area contributed by atoms with Crippen LogP contribution < -0.4 is 10.1 Å². The normalized spacial score (nSPS) is 18.0. The van der Waals surface area contributed by atoms with E-state index in [-0.39, 0.29) is 12.7 Å². The Labute approximate surface area is 214 Å². The van der Waals surface area contributed by atoms with Gasteiger partial charge in [-0.25, -0.2) is 0 Å². The molecule has 3 heterocycles. The Hall–Kier alpha value is -2.07. The van der Waals surface area contributed by atoms with Gasteiger partial charge in [0.25, 0.3) is 0 Å². The van der Waals surface area contributed by atoms with Crippen LogP contribution in [0.1, 0.15) is 16.7 Å². The van der Waals surface area contributed by atoms with Crippen LogP contribution in [0.3, 0.4) is 0 Å². The highest BCUT2D eigenvalue weighted by atomic mass is 35.5. The highest BCUT2D eigenvalue weighted by Crippen LogP contribution is 2.34. The van der Waals surface area contributed by atoms with Crippen LogP contribution in [0.25, 0.3) is 10.9 Å². The number of nitrogens with one attached hydrogen (secondary N) is 1. The Morgan fingerprint density at radius 1 is 1.15 bits per heavy atom. The van der Waals surface area contributed by atoms with Crippen molar-refractivity contribution >= 4 is 51.9 Å². The highest BCUT2D eigenvalue weighted by Gasteiger charge is 2.24. The monoisotopic (exact) mass is 515 g/mol. The Kier molecular flexibility index (Phi) is 7.15. The summed E-state index contributed by atoms with van der Waals surface area (Å²) in [6.45, 7) is 5.11. The van der Waals surface area contributed by atoms with Gasteiger partial charge in [0, 0.05) is 48.3 Å². The summed E-state index contributed by atoms with van der Waals surface area (Å²) < 4.78 is 14.4. The number of aromatic nitrogens is 1. The largest absolute Gasteiger partial charge is 0.484 e. The molecule has 5 rings (SSSR count). The van der Waals surface area contributed by atoms with Gasteiger partial charge in [-0.3, -0.25) is 4.90 Å². The summed E-state index contributed by atoms with van der Waals surface area (Å²) in [4.78, 5) is 2.96. The maximum Gasteiger partial charge on any atom is 0.144 e. The van der Waals surface area contributed by atoms with Crippen LogP contribution in [0.15, 0.2) is 42.6 Å². The molecule has 1 unspecified atom stereocenters. The lowest BCUT2D eigenvalue weighted by atomic mass is 10.0. The fraction of sp³-hybridized carbons (Fsp3) is 0.360. The number of benzene rings is 2. The van der Waals surface area contributed by atoms with E-state index in [0.717, 1.165) is 66.2 Å². The SMILES string of the molecule is OCC1Cn2cc(C(=S)NCc3ccc(Cl)cc3)c(=S)c3cc(CN4CCOCC4)cc(c32)O1. The van der Waals surface area contributed by atoms with Gasteiger partial charge in [-0.05, 0) is 35.4 Å². The molecule has 0 amide bonds. The van der Waals surface area contributed by atoms with Gasteiger partial charge in [-0.2, -0.15) is 0 Å². The Morgan fingerprint density at radius 2 is 1.91 bits per heavy atom. The fourth-order valence-corrected chi connectivity index (χ4v) is 5.20. The molecule has 178 valence electrons. The second kappa shape index (κ2) is 10.3. The Bertz CT molecular complexity index is 1270. The van der Waals surface area contributed by atoms with Crippen molar-refractivity contribution in [2.24, 2.45) is 0 Å². The average molecular weight is 516 g/mol. The van der Waals surface area contributed by atoms with Crippen molar-refractivity contribution in [3.05, 3.63) is 68.8 Å². The van der Waals surface area contributed by atoms with Crippen LogP contribution in [-0.4, -0.2) is 58.6 Å². The van der Waals surface area contributed by atoms with Crippen molar-refractivity contribution < 1.29 is 14.6 Å². The number of pyridine rings is 1. The molecule has 9 heteroatoms. The summed E-state index contributed by atoms with van der Waals surface area (Å²) in [6, 6.07) is 11.9. The number of rotatable bonds is 6. The Balaban J connectivity index is 1.50. The first-order chi connectivity index (χ1) is 16.5. The highest BCUT2D eigenvalue weighted by molar-refractivity contribution is 7.80. The van der Waals surface area contributed by atoms with E-state index < -0.39 is 0 Å². The fourth-order valence-electron chi connectivity index (χ4n) is 4.47. The summed E-state index contributed by atoms with van der Waals surface area (Å²) in [5.74, 6) is 0.753. The molecule has 0 radical (unpaired) electrons. The van der Waals surface area contributed by atoms with Crippen LogP contribution >= 0.6 is 36.0 Å². The van der Waals surface area contributed by atoms with E-state index in [1.165, 1.54) is 0 Å². The predicted octanol–water partition coefficient (Wildman–Crippen LogP) is 4.07. The van der Waals surface area contributed by atoms with E-state index in [1.54, 1.807) is 0 Å². The zero-order valence-electron chi connectivity index (χ0n) is 18.6. The third-order valence-electron chi connectivity index (χ3n) is 6.21. The molecule has 1 saturated heterocycles. The Morgan fingerprint density at radius 3 is 2.65 bits per heavy atom. The van der Waals surface area contributed by atoms with Gasteiger partial charge in [-0.15, -0.1) is 0 Å². The molecule has 0 bridgehead atoms.